The molecule has 1 heteroatoms. The van der Waals surface area contributed by atoms with E-state index in [1.165, 1.54) is 24.0 Å². The third-order valence-electron chi connectivity index (χ3n) is 1.87. The Morgan fingerprint density at radius 3 is 2.73 bits per heavy atom. The van der Waals surface area contributed by atoms with E-state index in [4.69, 9.17) is 0 Å². The Morgan fingerprint density at radius 2 is 2.09 bits per heavy atom. The van der Waals surface area contributed by atoms with Gasteiger partial charge in [-0.2, -0.15) is 0 Å². The van der Waals surface area contributed by atoms with Gasteiger partial charge >= 0.3 is 0 Å². The maximum Gasteiger partial charge on any atom is 0.0375 e. The first-order valence-corrected chi connectivity index (χ1v) is 4.16. The summed E-state index contributed by atoms with van der Waals surface area (Å²) >= 11 is 0. The summed E-state index contributed by atoms with van der Waals surface area (Å²) in [7, 11) is 0. The third-order valence-corrected chi connectivity index (χ3v) is 1.87. The van der Waals surface area contributed by atoms with Gasteiger partial charge in [0, 0.05) is 11.9 Å². The molecule has 1 heterocycles. The van der Waals surface area contributed by atoms with Crippen molar-refractivity contribution in [2.45, 2.75) is 33.6 Å². The Bertz CT molecular complexity index is 241. The summed E-state index contributed by atoms with van der Waals surface area (Å²) < 4.78 is 0. The number of rotatable bonds is 2. The first-order valence-electron chi connectivity index (χ1n) is 4.16. The van der Waals surface area contributed by atoms with Crippen LogP contribution in [0.1, 0.15) is 30.2 Å². The molecule has 0 saturated heterocycles. The Labute approximate surface area is 68.5 Å². The summed E-state index contributed by atoms with van der Waals surface area (Å²) in [5.74, 6) is 0. The van der Waals surface area contributed by atoms with Crippen LogP contribution in [0.3, 0.4) is 0 Å². The third kappa shape index (κ3) is 2.04. The fourth-order valence-corrected chi connectivity index (χ4v) is 1.22. The minimum absolute atomic E-state index is 1.12. The van der Waals surface area contributed by atoms with Crippen molar-refractivity contribution < 1.29 is 0 Å². The van der Waals surface area contributed by atoms with Gasteiger partial charge in [-0.1, -0.05) is 13.3 Å². The zero-order chi connectivity index (χ0) is 8.27. The minimum atomic E-state index is 1.12. The van der Waals surface area contributed by atoms with Crippen LogP contribution in [0.2, 0.25) is 0 Å². The van der Waals surface area contributed by atoms with Crippen LogP contribution in [0.4, 0.5) is 0 Å². The molecule has 0 radical (unpaired) electrons. The molecule has 0 atom stereocenters. The fourth-order valence-electron chi connectivity index (χ4n) is 1.22. The smallest absolute Gasteiger partial charge is 0.0375 e. The van der Waals surface area contributed by atoms with Crippen molar-refractivity contribution in [3.8, 4) is 0 Å². The highest BCUT2D eigenvalue weighted by molar-refractivity contribution is 5.24. The molecule has 0 aromatic carbocycles. The van der Waals surface area contributed by atoms with Gasteiger partial charge in [0.1, 0.15) is 0 Å². The Balaban J connectivity index is 2.93. The van der Waals surface area contributed by atoms with E-state index in [0.29, 0.717) is 0 Å². The molecule has 0 aliphatic carbocycles. The second-order valence-electron chi connectivity index (χ2n) is 3.00. The van der Waals surface area contributed by atoms with Gasteiger partial charge in [0.25, 0.3) is 0 Å². The van der Waals surface area contributed by atoms with Crippen molar-refractivity contribution in [2.24, 2.45) is 0 Å². The molecule has 0 amide bonds. The number of aromatic nitrogens is 1. The maximum atomic E-state index is 4.22. The van der Waals surface area contributed by atoms with E-state index in [1.54, 1.807) is 0 Å². The van der Waals surface area contributed by atoms with Crippen LogP contribution in [-0.4, -0.2) is 4.98 Å². The predicted octanol–water partition coefficient (Wildman–Crippen LogP) is 2.65. The fraction of sp³-hybridized carbons (Fsp3) is 0.500. The molecule has 0 fully saturated rings. The molecular weight excluding hydrogens is 134 g/mol. The molecule has 0 aliphatic heterocycles. The van der Waals surface area contributed by atoms with E-state index in [1.807, 2.05) is 13.1 Å². The van der Waals surface area contributed by atoms with Gasteiger partial charge in [-0.25, -0.2) is 0 Å². The van der Waals surface area contributed by atoms with E-state index in [-0.39, 0.29) is 0 Å². The SMILES string of the molecule is CCCc1cc(C)ncc1C. The van der Waals surface area contributed by atoms with Crippen LogP contribution in [0.25, 0.3) is 0 Å². The Hall–Kier alpha value is -0.850. The molecule has 0 aliphatic rings. The molecule has 60 valence electrons. The highest BCUT2D eigenvalue weighted by Gasteiger charge is 1.96. The number of aryl methyl sites for hydroxylation is 3. The average molecular weight is 149 g/mol. The number of pyridine rings is 1. The van der Waals surface area contributed by atoms with E-state index in [9.17, 15) is 0 Å². The first-order chi connectivity index (χ1) is 5.24. The van der Waals surface area contributed by atoms with E-state index < -0.39 is 0 Å². The van der Waals surface area contributed by atoms with E-state index >= 15 is 0 Å². The van der Waals surface area contributed by atoms with E-state index in [2.05, 4.69) is 24.9 Å². The van der Waals surface area contributed by atoms with Gasteiger partial charge < -0.3 is 0 Å². The van der Waals surface area contributed by atoms with Gasteiger partial charge in [-0.3, -0.25) is 4.98 Å². The summed E-state index contributed by atoms with van der Waals surface area (Å²) in [5.41, 5.74) is 3.89. The molecule has 0 spiro atoms. The molecule has 1 rings (SSSR count). The molecule has 0 bridgehead atoms. The first kappa shape index (κ1) is 8.25. The van der Waals surface area contributed by atoms with Gasteiger partial charge in [-0.05, 0) is 37.5 Å². The van der Waals surface area contributed by atoms with Crippen LogP contribution >= 0.6 is 0 Å². The monoisotopic (exact) mass is 149 g/mol. The van der Waals surface area contributed by atoms with Crippen molar-refractivity contribution in [2.75, 3.05) is 0 Å². The number of hydrogen-bond donors (Lipinski definition) is 0. The van der Waals surface area contributed by atoms with Crippen molar-refractivity contribution in [3.05, 3.63) is 29.1 Å². The highest BCUT2D eigenvalue weighted by atomic mass is 14.7. The molecule has 0 unspecified atom stereocenters. The van der Waals surface area contributed by atoms with Crippen molar-refractivity contribution >= 4 is 0 Å². The minimum Gasteiger partial charge on any atom is -0.261 e. The normalized spacial score (nSPS) is 10.1. The molecule has 1 aromatic heterocycles. The van der Waals surface area contributed by atoms with Crippen LogP contribution in [-0.2, 0) is 6.42 Å². The van der Waals surface area contributed by atoms with E-state index in [0.717, 1.165) is 5.69 Å². The lowest BCUT2D eigenvalue weighted by Crippen LogP contribution is -1.91. The Morgan fingerprint density at radius 1 is 1.36 bits per heavy atom. The summed E-state index contributed by atoms with van der Waals surface area (Å²) in [6.07, 6.45) is 4.35. The van der Waals surface area contributed by atoms with Crippen LogP contribution in [0.15, 0.2) is 12.3 Å². The van der Waals surface area contributed by atoms with Crippen molar-refractivity contribution in [1.82, 2.24) is 4.98 Å². The number of nitrogens with zero attached hydrogens (tertiary/aromatic N) is 1. The van der Waals surface area contributed by atoms with Gasteiger partial charge in [0.2, 0.25) is 0 Å². The predicted molar refractivity (Wildman–Crippen MR) is 47.7 cm³/mol. The molecule has 1 aromatic rings. The van der Waals surface area contributed by atoms with Gasteiger partial charge in [0.05, 0.1) is 0 Å². The van der Waals surface area contributed by atoms with Crippen molar-refractivity contribution in [3.63, 3.8) is 0 Å². The molecule has 1 nitrogen and oxygen atoms in total. The second-order valence-corrected chi connectivity index (χ2v) is 3.00. The van der Waals surface area contributed by atoms with Gasteiger partial charge in [-0.15, -0.1) is 0 Å². The van der Waals surface area contributed by atoms with Crippen LogP contribution in [0, 0.1) is 13.8 Å². The average Bonchev–Trinajstić information content (AvgIpc) is 1.98. The van der Waals surface area contributed by atoms with Crippen molar-refractivity contribution in [1.29, 1.82) is 0 Å². The lowest BCUT2D eigenvalue weighted by molar-refractivity contribution is 0.903. The molecule has 0 saturated carbocycles. The Kier molecular flexibility index (Phi) is 2.64. The van der Waals surface area contributed by atoms with Crippen LogP contribution in [0.5, 0.6) is 0 Å². The van der Waals surface area contributed by atoms with Crippen LogP contribution < -0.4 is 0 Å². The number of hydrogen-bond acceptors (Lipinski definition) is 1. The molecular formula is C10H15N. The second kappa shape index (κ2) is 3.51. The molecule has 11 heavy (non-hydrogen) atoms. The summed E-state index contributed by atoms with van der Waals surface area (Å²) in [5, 5.41) is 0. The lowest BCUT2D eigenvalue weighted by Gasteiger charge is -2.03. The summed E-state index contributed by atoms with van der Waals surface area (Å²) in [4.78, 5) is 4.22. The zero-order valence-corrected chi connectivity index (χ0v) is 7.52. The standard InChI is InChI=1S/C10H15N/c1-4-5-10-6-9(3)11-7-8(10)2/h6-7H,4-5H2,1-3H3. The largest absolute Gasteiger partial charge is 0.261 e. The zero-order valence-electron chi connectivity index (χ0n) is 7.52. The molecule has 0 N–H and O–H groups in total. The summed E-state index contributed by atoms with van der Waals surface area (Å²) in [6, 6.07) is 2.18. The maximum absolute atomic E-state index is 4.22. The lowest BCUT2D eigenvalue weighted by atomic mass is 10.1. The van der Waals surface area contributed by atoms with Gasteiger partial charge in [0.15, 0.2) is 0 Å². The highest BCUT2D eigenvalue weighted by Crippen LogP contribution is 2.09. The topological polar surface area (TPSA) is 12.9 Å². The quantitative estimate of drug-likeness (QED) is 0.630. The summed E-state index contributed by atoms with van der Waals surface area (Å²) in [6.45, 7) is 6.37.